The first-order chi connectivity index (χ1) is 8.13. The molecule has 0 bridgehead atoms. The number of nitrogens with one attached hydrogen (secondary N) is 1. The smallest absolute Gasteiger partial charge is 0.130 e. The second-order valence-electron chi connectivity index (χ2n) is 4.94. The van der Waals surface area contributed by atoms with E-state index in [4.69, 9.17) is 9.15 Å². The van der Waals surface area contributed by atoms with E-state index in [9.17, 15) is 0 Å². The molecule has 0 spiro atoms. The fourth-order valence-electron chi connectivity index (χ4n) is 1.76. The third-order valence-corrected chi connectivity index (χ3v) is 2.72. The van der Waals surface area contributed by atoms with Crippen molar-refractivity contribution < 1.29 is 9.15 Å². The van der Waals surface area contributed by atoms with Crippen molar-refractivity contribution in [2.45, 2.75) is 46.8 Å². The Kier molecular flexibility index (Phi) is 6.30. The lowest BCUT2D eigenvalue weighted by Gasteiger charge is -2.04. The van der Waals surface area contributed by atoms with Crippen LogP contribution < -0.4 is 5.32 Å². The lowest BCUT2D eigenvalue weighted by atomic mass is 10.1. The molecule has 0 unspecified atom stereocenters. The van der Waals surface area contributed by atoms with Crippen LogP contribution in [0.1, 0.15) is 43.8 Å². The van der Waals surface area contributed by atoms with E-state index in [2.05, 4.69) is 32.2 Å². The topological polar surface area (TPSA) is 34.4 Å². The predicted molar refractivity (Wildman–Crippen MR) is 69.9 cm³/mol. The van der Waals surface area contributed by atoms with Gasteiger partial charge in [0.05, 0.1) is 6.54 Å². The lowest BCUT2D eigenvalue weighted by molar-refractivity contribution is 0.0998. The Labute approximate surface area is 105 Å². The summed E-state index contributed by atoms with van der Waals surface area (Å²) < 4.78 is 11.3. The Balaban J connectivity index is 2.25. The van der Waals surface area contributed by atoms with Crippen LogP contribution in [-0.4, -0.2) is 13.7 Å². The van der Waals surface area contributed by atoms with Gasteiger partial charge in [0.15, 0.2) is 0 Å². The molecule has 0 aromatic carbocycles. The highest BCUT2D eigenvalue weighted by Gasteiger charge is 2.06. The second kappa shape index (κ2) is 7.51. The van der Waals surface area contributed by atoms with Crippen LogP contribution >= 0.6 is 0 Å². The molecule has 3 nitrogen and oxygen atoms in total. The normalized spacial score (nSPS) is 11.4. The SMILES string of the molecule is CNCc1oc(COCCCC(C)C)cc1C. The molecular weight excluding hydrogens is 214 g/mol. The number of aryl methyl sites for hydroxylation is 1. The molecule has 0 saturated carbocycles. The summed E-state index contributed by atoms with van der Waals surface area (Å²) in [6, 6.07) is 2.06. The van der Waals surface area contributed by atoms with Crippen molar-refractivity contribution in [3.63, 3.8) is 0 Å². The minimum Gasteiger partial charge on any atom is -0.462 e. The molecule has 0 aliphatic heterocycles. The third kappa shape index (κ3) is 5.37. The first-order valence-corrected chi connectivity index (χ1v) is 6.44. The van der Waals surface area contributed by atoms with E-state index in [-0.39, 0.29) is 0 Å². The molecule has 0 aliphatic rings. The summed E-state index contributed by atoms with van der Waals surface area (Å²) in [5.74, 6) is 2.69. The number of furan rings is 1. The Morgan fingerprint density at radius 3 is 2.82 bits per heavy atom. The summed E-state index contributed by atoms with van der Waals surface area (Å²) in [5.41, 5.74) is 1.19. The van der Waals surface area contributed by atoms with Crippen LogP contribution in [-0.2, 0) is 17.9 Å². The largest absolute Gasteiger partial charge is 0.462 e. The van der Waals surface area contributed by atoms with Crippen molar-refractivity contribution in [2.24, 2.45) is 5.92 Å². The quantitative estimate of drug-likeness (QED) is 0.707. The summed E-state index contributed by atoms with van der Waals surface area (Å²) in [6.45, 7) is 8.72. The van der Waals surface area contributed by atoms with E-state index >= 15 is 0 Å². The van der Waals surface area contributed by atoms with Gasteiger partial charge in [0, 0.05) is 6.61 Å². The summed E-state index contributed by atoms with van der Waals surface area (Å²) >= 11 is 0. The van der Waals surface area contributed by atoms with Crippen LogP contribution in [0.3, 0.4) is 0 Å². The van der Waals surface area contributed by atoms with Crippen molar-refractivity contribution in [3.8, 4) is 0 Å². The molecule has 17 heavy (non-hydrogen) atoms. The Hall–Kier alpha value is -0.800. The van der Waals surface area contributed by atoms with E-state index in [1.165, 1.54) is 12.0 Å². The fourth-order valence-corrected chi connectivity index (χ4v) is 1.76. The maximum Gasteiger partial charge on any atom is 0.130 e. The fraction of sp³-hybridized carbons (Fsp3) is 0.714. The molecule has 0 saturated heterocycles. The molecule has 1 aromatic heterocycles. The van der Waals surface area contributed by atoms with Crippen molar-refractivity contribution >= 4 is 0 Å². The molecule has 0 radical (unpaired) electrons. The molecule has 0 fully saturated rings. The molecule has 3 heteroatoms. The Morgan fingerprint density at radius 1 is 1.41 bits per heavy atom. The van der Waals surface area contributed by atoms with Crippen LogP contribution in [0.5, 0.6) is 0 Å². The van der Waals surface area contributed by atoms with E-state index in [1.807, 2.05) is 7.05 Å². The molecule has 1 rings (SSSR count). The highest BCUT2D eigenvalue weighted by Crippen LogP contribution is 2.15. The average Bonchev–Trinajstić information content (AvgIpc) is 2.59. The van der Waals surface area contributed by atoms with E-state index in [0.29, 0.717) is 6.61 Å². The maximum atomic E-state index is 5.69. The molecule has 1 heterocycles. The van der Waals surface area contributed by atoms with Gasteiger partial charge in [0.2, 0.25) is 0 Å². The van der Waals surface area contributed by atoms with Crippen LogP contribution in [0.4, 0.5) is 0 Å². The maximum absolute atomic E-state index is 5.69. The summed E-state index contributed by atoms with van der Waals surface area (Å²) in [5, 5.41) is 3.09. The predicted octanol–water partition coefficient (Wildman–Crippen LogP) is 3.26. The first-order valence-electron chi connectivity index (χ1n) is 6.44. The Bertz CT molecular complexity index is 318. The highest BCUT2D eigenvalue weighted by molar-refractivity contribution is 5.19. The van der Waals surface area contributed by atoms with Gasteiger partial charge in [-0.25, -0.2) is 0 Å². The molecule has 1 N–H and O–H groups in total. The van der Waals surface area contributed by atoms with Crippen molar-refractivity contribution in [2.75, 3.05) is 13.7 Å². The van der Waals surface area contributed by atoms with Crippen LogP contribution in [0.15, 0.2) is 10.5 Å². The number of hydrogen-bond donors (Lipinski definition) is 1. The molecule has 0 atom stereocenters. The summed E-state index contributed by atoms with van der Waals surface area (Å²) in [7, 11) is 1.92. The zero-order valence-corrected chi connectivity index (χ0v) is 11.5. The molecule has 1 aromatic rings. The van der Waals surface area contributed by atoms with Crippen molar-refractivity contribution in [3.05, 3.63) is 23.2 Å². The highest BCUT2D eigenvalue weighted by atomic mass is 16.5. The Morgan fingerprint density at radius 2 is 2.18 bits per heavy atom. The van der Waals surface area contributed by atoms with Gasteiger partial charge >= 0.3 is 0 Å². The third-order valence-electron chi connectivity index (χ3n) is 2.72. The number of hydrogen-bond acceptors (Lipinski definition) is 3. The molecular formula is C14H25NO2. The van der Waals surface area contributed by atoms with Gasteiger partial charge in [-0.05, 0) is 44.4 Å². The van der Waals surface area contributed by atoms with Crippen molar-refractivity contribution in [1.82, 2.24) is 5.32 Å². The lowest BCUT2D eigenvalue weighted by Crippen LogP contribution is -2.04. The van der Waals surface area contributed by atoms with Gasteiger partial charge in [0.1, 0.15) is 18.1 Å². The van der Waals surface area contributed by atoms with Crippen molar-refractivity contribution in [1.29, 1.82) is 0 Å². The molecule has 0 amide bonds. The van der Waals surface area contributed by atoms with E-state index < -0.39 is 0 Å². The minimum atomic E-state index is 0.586. The average molecular weight is 239 g/mol. The van der Waals surface area contributed by atoms with Crippen LogP contribution in [0.2, 0.25) is 0 Å². The standard InChI is InChI=1S/C14H25NO2/c1-11(2)6-5-7-16-10-13-8-12(3)14(17-13)9-15-4/h8,11,15H,5-7,9-10H2,1-4H3. The minimum absolute atomic E-state index is 0.586. The molecule has 0 aliphatic carbocycles. The van der Waals surface area contributed by atoms with Gasteiger partial charge in [-0.2, -0.15) is 0 Å². The zero-order chi connectivity index (χ0) is 12.7. The second-order valence-corrected chi connectivity index (χ2v) is 4.94. The summed E-state index contributed by atoms with van der Waals surface area (Å²) in [4.78, 5) is 0. The van der Waals surface area contributed by atoms with E-state index in [0.717, 1.165) is 37.0 Å². The van der Waals surface area contributed by atoms with Gasteiger partial charge in [0.25, 0.3) is 0 Å². The molecule has 98 valence electrons. The van der Waals surface area contributed by atoms with Gasteiger partial charge < -0.3 is 14.5 Å². The van der Waals surface area contributed by atoms with Gasteiger partial charge in [-0.1, -0.05) is 13.8 Å². The first kappa shape index (κ1) is 14.3. The number of rotatable bonds is 8. The van der Waals surface area contributed by atoms with Crippen LogP contribution in [0.25, 0.3) is 0 Å². The number of ether oxygens (including phenoxy) is 1. The van der Waals surface area contributed by atoms with Gasteiger partial charge in [-0.15, -0.1) is 0 Å². The van der Waals surface area contributed by atoms with E-state index in [1.54, 1.807) is 0 Å². The van der Waals surface area contributed by atoms with Gasteiger partial charge in [-0.3, -0.25) is 0 Å². The summed E-state index contributed by atoms with van der Waals surface area (Å²) in [6.07, 6.45) is 2.35. The zero-order valence-electron chi connectivity index (χ0n) is 11.5. The van der Waals surface area contributed by atoms with Crippen LogP contribution in [0, 0.1) is 12.8 Å². The monoisotopic (exact) mass is 239 g/mol.